The minimum Gasteiger partial charge on any atom is -0.331 e. The third-order valence-corrected chi connectivity index (χ3v) is 3.93. The molecular formula is C13H17BrN2S. The molecule has 1 N–H and O–H groups in total. The summed E-state index contributed by atoms with van der Waals surface area (Å²) in [5.74, 6) is 0. The van der Waals surface area contributed by atoms with E-state index in [9.17, 15) is 0 Å². The summed E-state index contributed by atoms with van der Waals surface area (Å²) in [6, 6.07) is 6.75. The van der Waals surface area contributed by atoms with Gasteiger partial charge in [0.1, 0.15) is 0 Å². The monoisotopic (exact) mass is 312 g/mol. The second-order valence-corrected chi connectivity index (χ2v) is 5.61. The number of imidazole rings is 1. The fourth-order valence-corrected chi connectivity index (χ4v) is 3.01. The Hall–Kier alpha value is -0.610. The van der Waals surface area contributed by atoms with Crippen LogP contribution >= 0.6 is 28.1 Å². The van der Waals surface area contributed by atoms with E-state index in [0.29, 0.717) is 6.04 Å². The molecule has 92 valence electrons. The number of nitrogens with one attached hydrogen (secondary N) is 1. The second kappa shape index (κ2) is 5.36. The zero-order valence-electron chi connectivity index (χ0n) is 10.2. The van der Waals surface area contributed by atoms with Crippen molar-refractivity contribution in [3.05, 3.63) is 27.4 Å². The summed E-state index contributed by atoms with van der Waals surface area (Å²) in [4.78, 5) is 3.28. The molecule has 0 amide bonds. The van der Waals surface area contributed by atoms with E-state index in [4.69, 9.17) is 12.2 Å². The van der Waals surface area contributed by atoms with Crippen LogP contribution in [0.5, 0.6) is 0 Å². The molecule has 17 heavy (non-hydrogen) atoms. The highest BCUT2D eigenvalue weighted by Crippen LogP contribution is 2.26. The number of fused-ring (bicyclic) bond motifs is 1. The van der Waals surface area contributed by atoms with Crippen LogP contribution in [0.2, 0.25) is 0 Å². The molecule has 0 saturated heterocycles. The van der Waals surface area contributed by atoms with Crippen molar-refractivity contribution in [3.63, 3.8) is 0 Å². The normalized spacial score (nSPS) is 13.1. The molecule has 1 unspecified atom stereocenters. The third kappa shape index (κ3) is 2.47. The highest BCUT2D eigenvalue weighted by Gasteiger charge is 2.13. The summed E-state index contributed by atoms with van der Waals surface area (Å²) < 4.78 is 4.19. The molecule has 0 fully saturated rings. The van der Waals surface area contributed by atoms with Gasteiger partial charge in [-0.2, -0.15) is 0 Å². The van der Waals surface area contributed by atoms with Crippen LogP contribution in [0.25, 0.3) is 11.0 Å². The maximum absolute atomic E-state index is 5.45. The molecule has 0 aliphatic rings. The zero-order valence-corrected chi connectivity index (χ0v) is 12.6. The first kappa shape index (κ1) is 12.8. The molecule has 0 aliphatic heterocycles. The standard InChI is InChI=1S/C13H17BrN2S/c1-3-5-10(4-2)16-12-8-9(14)6-7-11(12)15-13(16)17/h6-8,10H,3-5H2,1-2H3,(H,15,17). The maximum Gasteiger partial charge on any atom is 0.178 e. The Balaban J connectivity index is 2.62. The van der Waals surface area contributed by atoms with Crippen molar-refractivity contribution in [2.75, 3.05) is 0 Å². The van der Waals surface area contributed by atoms with Crippen molar-refractivity contribution in [2.24, 2.45) is 0 Å². The number of rotatable bonds is 4. The van der Waals surface area contributed by atoms with Gasteiger partial charge in [0.2, 0.25) is 0 Å². The lowest BCUT2D eigenvalue weighted by atomic mass is 10.1. The smallest absolute Gasteiger partial charge is 0.178 e. The van der Waals surface area contributed by atoms with Gasteiger partial charge in [-0.05, 0) is 43.3 Å². The highest BCUT2D eigenvalue weighted by atomic mass is 79.9. The number of aromatic nitrogens is 2. The van der Waals surface area contributed by atoms with E-state index >= 15 is 0 Å². The minimum atomic E-state index is 0.496. The Bertz CT molecular complexity index is 570. The van der Waals surface area contributed by atoms with Crippen LogP contribution in [0.3, 0.4) is 0 Å². The van der Waals surface area contributed by atoms with Gasteiger partial charge in [-0.25, -0.2) is 0 Å². The number of halogens is 1. The number of hydrogen-bond acceptors (Lipinski definition) is 1. The molecule has 0 spiro atoms. The van der Waals surface area contributed by atoms with Crippen LogP contribution in [0.1, 0.15) is 39.2 Å². The van der Waals surface area contributed by atoms with Crippen LogP contribution in [0, 0.1) is 4.77 Å². The summed E-state index contributed by atoms with van der Waals surface area (Å²) in [6.07, 6.45) is 3.47. The number of hydrogen-bond donors (Lipinski definition) is 1. The van der Waals surface area contributed by atoms with Crippen molar-refractivity contribution >= 4 is 39.2 Å². The molecule has 0 radical (unpaired) electrons. The van der Waals surface area contributed by atoms with E-state index < -0.39 is 0 Å². The van der Waals surface area contributed by atoms with Crippen LogP contribution in [-0.4, -0.2) is 9.55 Å². The molecule has 1 aromatic carbocycles. The SMILES string of the molecule is CCCC(CC)n1c(=S)[nH]c2ccc(Br)cc21. The average Bonchev–Trinajstić information content (AvgIpc) is 2.62. The van der Waals surface area contributed by atoms with Gasteiger partial charge in [0, 0.05) is 10.5 Å². The van der Waals surface area contributed by atoms with E-state index in [0.717, 1.165) is 21.2 Å². The maximum atomic E-state index is 5.45. The predicted octanol–water partition coefficient (Wildman–Crippen LogP) is 5.21. The van der Waals surface area contributed by atoms with Gasteiger partial charge in [-0.3, -0.25) is 0 Å². The van der Waals surface area contributed by atoms with Crippen molar-refractivity contribution < 1.29 is 0 Å². The van der Waals surface area contributed by atoms with Crippen LogP contribution in [-0.2, 0) is 0 Å². The first-order valence-corrected chi connectivity index (χ1v) is 7.27. The van der Waals surface area contributed by atoms with Gasteiger partial charge in [0.05, 0.1) is 11.0 Å². The topological polar surface area (TPSA) is 20.7 Å². The summed E-state index contributed by atoms with van der Waals surface area (Å²) in [7, 11) is 0. The fraction of sp³-hybridized carbons (Fsp3) is 0.462. The molecule has 4 heteroatoms. The Labute approximate surface area is 115 Å². The number of benzene rings is 1. The molecule has 2 aromatic rings. The summed E-state index contributed by atoms with van der Waals surface area (Å²) >= 11 is 8.97. The largest absolute Gasteiger partial charge is 0.331 e. The lowest BCUT2D eigenvalue weighted by molar-refractivity contribution is 0.454. The molecule has 0 aliphatic carbocycles. The first-order chi connectivity index (χ1) is 8.17. The van der Waals surface area contributed by atoms with Crippen LogP contribution in [0.15, 0.2) is 22.7 Å². The van der Waals surface area contributed by atoms with E-state index in [1.165, 1.54) is 18.4 Å². The Kier molecular flexibility index (Phi) is 4.05. The first-order valence-electron chi connectivity index (χ1n) is 6.07. The van der Waals surface area contributed by atoms with Gasteiger partial charge >= 0.3 is 0 Å². The van der Waals surface area contributed by atoms with E-state index in [2.05, 4.69) is 51.5 Å². The Morgan fingerprint density at radius 3 is 2.82 bits per heavy atom. The molecule has 0 saturated carbocycles. The lowest BCUT2D eigenvalue weighted by Gasteiger charge is -2.17. The van der Waals surface area contributed by atoms with Gasteiger partial charge in [-0.1, -0.05) is 36.2 Å². The lowest BCUT2D eigenvalue weighted by Crippen LogP contribution is -2.07. The van der Waals surface area contributed by atoms with Crippen molar-refractivity contribution in [3.8, 4) is 0 Å². The third-order valence-electron chi connectivity index (χ3n) is 3.14. The predicted molar refractivity (Wildman–Crippen MR) is 79.1 cm³/mol. The molecule has 1 heterocycles. The Morgan fingerprint density at radius 2 is 2.18 bits per heavy atom. The molecule has 1 aromatic heterocycles. The van der Waals surface area contributed by atoms with Gasteiger partial charge < -0.3 is 9.55 Å². The van der Waals surface area contributed by atoms with E-state index in [1.807, 2.05) is 6.07 Å². The Morgan fingerprint density at radius 1 is 1.41 bits per heavy atom. The van der Waals surface area contributed by atoms with Gasteiger partial charge in [-0.15, -0.1) is 0 Å². The van der Waals surface area contributed by atoms with Crippen molar-refractivity contribution in [1.29, 1.82) is 0 Å². The number of aromatic amines is 1. The summed E-state index contributed by atoms with van der Waals surface area (Å²) in [5.41, 5.74) is 2.32. The minimum absolute atomic E-state index is 0.496. The average molecular weight is 313 g/mol. The van der Waals surface area contributed by atoms with Crippen LogP contribution in [0.4, 0.5) is 0 Å². The molecular weight excluding hydrogens is 296 g/mol. The number of nitrogens with zero attached hydrogens (tertiary/aromatic N) is 1. The molecule has 2 nitrogen and oxygen atoms in total. The van der Waals surface area contributed by atoms with Crippen molar-refractivity contribution in [2.45, 2.75) is 39.2 Å². The summed E-state index contributed by atoms with van der Waals surface area (Å²) in [6.45, 7) is 4.44. The zero-order chi connectivity index (χ0) is 12.4. The van der Waals surface area contributed by atoms with Crippen LogP contribution < -0.4 is 0 Å². The van der Waals surface area contributed by atoms with E-state index in [-0.39, 0.29) is 0 Å². The summed E-state index contributed by atoms with van der Waals surface area (Å²) in [5, 5.41) is 0. The van der Waals surface area contributed by atoms with Gasteiger partial charge in [0.15, 0.2) is 4.77 Å². The highest BCUT2D eigenvalue weighted by molar-refractivity contribution is 9.10. The molecule has 0 bridgehead atoms. The fourth-order valence-electron chi connectivity index (χ4n) is 2.31. The van der Waals surface area contributed by atoms with E-state index in [1.54, 1.807) is 0 Å². The number of H-pyrrole nitrogens is 1. The molecule has 2 rings (SSSR count). The van der Waals surface area contributed by atoms with Crippen molar-refractivity contribution in [1.82, 2.24) is 9.55 Å². The van der Waals surface area contributed by atoms with Gasteiger partial charge in [0.25, 0.3) is 0 Å². The quantitative estimate of drug-likeness (QED) is 0.768. The second-order valence-electron chi connectivity index (χ2n) is 4.31. The molecule has 1 atom stereocenters.